The number of carbonyl (C=O) groups excluding carboxylic acids is 1. The third kappa shape index (κ3) is 9.74. The molecule has 0 aliphatic carbocycles. The average Bonchev–Trinajstić information content (AvgIpc) is 2.09. The molecule has 0 saturated carbocycles. The highest BCUT2D eigenvalue weighted by Crippen LogP contribution is 1.65. The minimum Gasteiger partial charge on any atom is -0.369 e. The van der Waals surface area contributed by atoms with Gasteiger partial charge in [-0.05, 0) is 0 Å². The van der Waals surface area contributed by atoms with E-state index in [0.29, 0.717) is 0 Å². The number of rotatable bonds is 1. The summed E-state index contributed by atoms with van der Waals surface area (Å²) in [7, 11) is 0. The van der Waals surface area contributed by atoms with Crippen LogP contribution in [0.2, 0.25) is 0 Å². The van der Waals surface area contributed by atoms with Crippen LogP contribution < -0.4 is 16.4 Å². The fourth-order valence-electron chi connectivity index (χ4n) is 0.604. The van der Waals surface area contributed by atoms with E-state index in [0.717, 1.165) is 26.2 Å². The Balaban J connectivity index is 0.000000187. The van der Waals surface area contributed by atoms with Gasteiger partial charge in [0.2, 0.25) is 5.91 Å². The molecule has 5 heteroatoms. The first kappa shape index (κ1) is 10.7. The molecular formula is C6H15N3OS. The maximum atomic E-state index is 9.51. The summed E-state index contributed by atoms with van der Waals surface area (Å²) in [5.41, 5.74) is 4.58. The lowest BCUT2D eigenvalue weighted by Crippen LogP contribution is -2.39. The van der Waals surface area contributed by atoms with Crippen LogP contribution in [0.3, 0.4) is 0 Å². The zero-order chi connectivity index (χ0) is 8.53. The molecule has 0 spiro atoms. The van der Waals surface area contributed by atoms with Crippen molar-refractivity contribution in [2.24, 2.45) is 5.73 Å². The van der Waals surface area contributed by atoms with Gasteiger partial charge in [-0.2, -0.15) is 12.6 Å². The Hall–Kier alpha value is -0.260. The summed E-state index contributed by atoms with van der Waals surface area (Å²) in [6.45, 7) is 4.56. The molecular weight excluding hydrogens is 162 g/mol. The number of thiol groups is 1. The van der Waals surface area contributed by atoms with E-state index in [1.54, 1.807) is 0 Å². The monoisotopic (exact) mass is 177 g/mol. The van der Waals surface area contributed by atoms with Crippen LogP contribution in [0.1, 0.15) is 0 Å². The van der Waals surface area contributed by atoms with Crippen molar-refractivity contribution in [3.05, 3.63) is 0 Å². The van der Waals surface area contributed by atoms with Gasteiger partial charge in [0.05, 0.1) is 5.75 Å². The molecule has 0 atom stereocenters. The van der Waals surface area contributed by atoms with Crippen molar-refractivity contribution < 1.29 is 4.79 Å². The van der Waals surface area contributed by atoms with Crippen molar-refractivity contribution in [1.82, 2.24) is 10.6 Å². The number of hydrogen-bond acceptors (Lipinski definition) is 4. The van der Waals surface area contributed by atoms with E-state index in [-0.39, 0.29) is 11.7 Å². The van der Waals surface area contributed by atoms with Gasteiger partial charge >= 0.3 is 0 Å². The number of nitrogens with one attached hydrogen (secondary N) is 2. The second-order valence-corrected chi connectivity index (χ2v) is 2.44. The molecule has 0 aromatic heterocycles. The van der Waals surface area contributed by atoms with Crippen LogP contribution >= 0.6 is 12.6 Å². The summed E-state index contributed by atoms with van der Waals surface area (Å²) in [5.74, 6) is -0.242. The molecule has 4 N–H and O–H groups in total. The van der Waals surface area contributed by atoms with E-state index in [4.69, 9.17) is 0 Å². The minimum atomic E-state index is -0.381. The van der Waals surface area contributed by atoms with E-state index < -0.39 is 0 Å². The summed E-state index contributed by atoms with van der Waals surface area (Å²) in [6.07, 6.45) is 0. The highest BCUT2D eigenvalue weighted by Gasteiger charge is 1.91. The van der Waals surface area contributed by atoms with Gasteiger partial charge in [0.15, 0.2) is 0 Å². The number of amides is 1. The molecule has 0 aromatic rings. The predicted molar refractivity (Wildman–Crippen MR) is 48.8 cm³/mol. The maximum absolute atomic E-state index is 9.51. The van der Waals surface area contributed by atoms with Crippen LogP contribution in [-0.4, -0.2) is 37.8 Å². The van der Waals surface area contributed by atoms with Gasteiger partial charge in [-0.15, -0.1) is 0 Å². The zero-order valence-corrected chi connectivity index (χ0v) is 7.36. The molecule has 66 valence electrons. The first-order valence-corrected chi connectivity index (χ1v) is 4.21. The third-order valence-electron chi connectivity index (χ3n) is 1.11. The Kier molecular flexibility index (Phi) is 7.66. The third-order valence-corrected chi connectivity index (χ3v) is 1.42. The Labute approximate surface area is 72.3 Å². The lowest BCUT2D eigenvalue weighted by atomic mass is 10.4. The average molecular weight is 177 g/mol. The Morgan fingerprint density at radius 1 is 1.27 bits per heavy atom. The largest absolute Gasteiger partial charge is 0.369 e. The van der Waals surface area contributed by atoms with Gasteiger partial charge in [0, 0.05) is 26.2 Å². The molecule has 1 amide bonds. The fourth-order valence-corrected chi connectivity index (χ4v) is 0.604. The SMILES string of the molecule is C1CNCCN1.NC(=O)CS. The van der Waals surface area contributed by atoms with Crippen molar-refractivity contribution in [3.8, 4) is 0 Å². The van der Waals surface area contributed by atoms with E-state index in [2.05, 4.69) is 29.0 Å². The van der Waals surface area contributed by atoms with Crippen LogP contribution in [0, 0.1) is 0 Å². The minimum absolute atomic E-state index is 0.139. The highest BCUT2D eigenvalue weighted by atomic mass is 32.1. The first-order valence-electron chi connectivity index (χ1n) is 3.58. The fraction of sp³-hybridized carbons (Fsp3) is 0.833. The Morgan fingerprint density at radius 3 is 1.64 bits per heavy atom. The summed E-state index contributed by atoms with van der Waals surface area (Å²) in [5, 5.41) is 6.44. The number of primary amides is 1. The first-order chi connectivity index (χ1) is 5.27. The summed E-state index contributed by atoms with van der Waals surface area (Å²) in [6, 6.07) is 0. The van der Waals surface area contributed by atoms with E-state index in [9.17, 15) is 4.79 Å². The zero-order valence-electron chi connectivity index (χ0n) is 6.47. The maximum Gasteiger partial charge on any atom is 0.227 e. The van der Waals surface area contributed by atoms with Crippen LogP contribution in [0.15, 0.2) is 0 Å². The lowest BCUT2D eigenvalue weighted by molar-refractivity contribution is -0.115. The molecule has 4 nitrogen and oxygen atoms in total. The second kappa shape index (κ2) is 7.84. The van der Waals surface area contributed by atoms with Crippen molar-refractivity contribution in [3.63, 3.8) is 0 Å². The van der Waals surface area contributed by atoms with Crippen molar-refractivity contribution in [2.75, 3.05) is 31.9 Å². The van der Waals surface area contributed by atoms with E-state index in [1.807, 2.05) is 0 Å². The van der Waals surface area contributed by atoms with Gasteiger partial charge in [0.25, 0.3) is 0 Å². The van der Waals surface area contributed by atoms with Crippen LogP contribution in [0.25, 0.3) is 0 Å². The number of carbonyl (C=O) groups is 1. The molecule has 1 saturated heterocycles. The second-order valence-electron chi connectivity index (χ2n) is 2.12. The molecule has 0 aromatic carbocycles. The molecule has 1 aliphatic rings. The summed E-state index contributed by atoms with van der Waals surface area (Å²) in [4.78, 5) is 9.51. The molecule has 0 unspecified atom stereocenters. The normalized spacial score (nSPS) is 16.5. The lowest BCUT2D eigenvalue weighted by Gasteiger charge is -2.11. The van der Waals surface area contributed by atoms with E-state index >= 15 is 0 Å². The quantitative estimate of drug-likeness (QED) is 0.372. The van der Waals surface area contributed by atoms with Gasteiger partial charge < -0.3 is 16.4 Å². The van der Waals surface area contributed by atoms with E-state index in [1.165, 1.54) is 0 Å². The summed E-state index contributed by atoms with van der Waals surface area (Å²) >= 11 is 3.54. The molecule has 0 radical (unpaired) electrons. The van der Waals surface area contributed by atoms with Crippen molar-refractivity contribution in [2.45, 2.75) is 0 Å². The molecule has 1 heterocycles. The molecule has 0 bridgehead atoms. The standard InChI is InChI=1S/C4H10N2.C2H5NOS/c1-2-6-4-3-5-1;3-2(4)1-5/h5-6H,1-4H2;5H,1H2,(H2,3,4). The molecule has 1 fully saturated rings. The van der Waals surface area contributed by atoms with Crippen LogP contribution in [0.4, 0.5) is 0 Å². The van der Waals surface area contributed by atoms with Crippen molar-refractivity contribution >= 4 is 18.5 Å². The summed E-state index contributed by atoms with van der Waals surface area (Å²) < 4.78 is 0. The molecule has 1 aliphatic heterocycles. The Bertz CT molecular complexity index is 94.5. The van der Waals surface area contributed by atoms with Gasteiger partial charge in [-0.3, -0.25) is 4.79 Å². The number of nitrogens with two attached hydrogens (primary N) is 1. The smallest absolute Gasteiger partial charge is 0.227 e. The highest BCUT2D eigenvalue weighted by molar-refractivity contribution is 7.81. The van der Waals surface area contributed by atoms with Crippen molar-refractivity contribution in [1.29, 1.82) is 0 Å². The van der Waals surface area contributed by atoms with Gasteiger partial charge in [-0.1, -0.05) is 0 Å². The number of piperazine rings is 1. The topological polar surface area (TPSA) is 67.2 Å². The number of hydrogen-bond donors (Lipinski definition) is 4. The predicted octanol–water partition coefficient (Wildman–Crippen LogP) is -1.42. The molecule has 11 heavy (non-hydrogen) atoms. The van der Waals surface area contributed by atoms with Crippen LogP contribution in [0.5, 0.6) is 0 Å². The van der Waals surface area contributed by atoms with Gasteiger partial charge in [-0.25, -0.2) is 0 Å². The van der Waals surface area contributed by atoms with Crippen LogP contribution in [-0.2, 0) is 4.79 Å². The molecule has 1 rings (SSSR count). The van der Waals surface area contributed by atoms with Gasteiger partial charge in [0.1, 0.15) is 0 Å². The Morgan fingerprint density at radius 2 is 1.55 bits per heavy atom.